The maximum atomic E-state index is 12.3. The molecule has 1 atom stereocenters. The number of ether oxygens (including phenoxy) is 1. The van der Waals surface area contributed by atoms with Crippen molar-refractivity contribution in [1.29, 1.82) is 0 Å². The van der Waals surface area contributed by atoms with Crippen molar-refractivity contribution in [3.63, 3.8) is 0 Å². The highest BCUT2D eigenvalue weighted by Crippen LogP contribution is 2.40. The summed E-state index contributed by atoms with van der Waals surface area (Å²) < 4.78 is 5.00. The molecule has 0 bridgehead atoms. The average molecular weight is 443 g/mol. The van der Waals surface area contributed by atoms with Crippen LogP contribution in [0, 0.1) is 5.92 Å². The summed E-state index contributed by atoms with van der Waals surface area (Å²) in [6, 6.07) is 5.33. The summed E-state index contributed by atoms with van der Waals surface area (Å²) in [6.45, 7) is 2.69. The molecule has 3 rings (SSSR count). The van der Waals surface area contributed by atoms with Gasteiger partial charge in [-0.3, -0.25) is 0 Å². The average Bonchev–Trinajstić information content (AvgIpc) is 2.97. The number of methoxy groups -OCH3 is 1. The summed E-state index contributed by atoms with van der Waals surface area (Å²) in [7, 11) is 1.40. The van der Waals surface area contributed by atoms with E-state index in [9.17, 15) is 4.79 Å². The molecule has 0 fully saturated rings. The highest BCUT2D eigenvalue weighted by atomic mass is 35.5. The van der Waals surface area contributed by atoms with Gasteiger partial charge in [0.25, 0.3) is 0 Å². The lowest BCUT2D eigenvalue weighted by molar-refractivity contribution is 0.0601. The van der Waals surface area contributed by atoms with Crippen molar-refractivity contribution in [2.45, 2.75) is 32.7 Å². The molecule has 0 spiro atoms. The van der Waals surface area contributed by atoms with Crippen LogP contribution in [0.5, 0.6) is 0 Å². The van der Waals surface area contributed by atoms with Gasteiger partial charge in [-0.1, -0.05) is 36.2 Å². The van der Waals surface area contributed by atoms with Gasteiger partial charge in [0, 0.05) is 21.5 Å². The molecule has 1 heterocycles. The Morgan fingerprint density at radius 2 is 2.19 bits per heavy atom. The maximum Gasteiger partial charge on any atom is 0.341 e. The minimum Gasteiger partial charge on any atom is -0.465 e. The van der Waals surface area contributed by atoms with Crippen LogP contribution in [-0.2, 0) is 24.1 Å². The van der Waals surface area contributed by atoms with Crippen molar-refractivity contribution in [1.82, 2.24) is 5.32 Å². The molecule has 2 N–H and O–H groups in total. The number of hydrogen-bond acceptors (Lipinski definition) is 4. The molecule has 144 valence electrons. The van der Waals surface area contributed by atoms with E-state index in [1.54, 1.807) is 23.5 Å². The first kappa shape index (κ1) is 20.4. The van der Waals surface area contributed by atoms with Crippen molar-refractivity contribution in [3.05, 3.63) is 49.8 Å². The number of thiocarbonyl (C=S) groups is 1. The predicted octanol–water partition coefficient (Wildman–Crippen LogP) is 5.45. The number of nitrogens with one attached hydrogen (secondary N) is 2. The van der Waals surface area contributed by atoms with Gasteiger partial charge in [-0.05, 0) is 60.7 Å². The first-order valence-corrected chi connectivity index (χ1v) is 10.6. The fourth-order valence-corrected chi connectivity index (χ4v) is 5.26. The molecular formula is C19H20Cl2N2O2S2. The number of hydrogen-bond donors (Lipinski definition) is 2. The van der Waals surface area contributed by atoms with Crippen LogP contribution < -0.4 is 10.6 Å². The normalized spacial score (nSPS) is 15.8. The van der Waals surface area contributed by atoms with Gasteiger partial charge in [0.05, 0.1) is 12.7 Å². The Morgan fingerprint density at radius 1 is 1.41 bits per heavy atom. The first-order chi connectivity index (χ1) is 12.9. The lowest BCUT2D eigenvalue weighted by Crippen LogP contribution is -2.28. The molecule has 1 aliphatic carbocycles. The van der Waals surface area contributed by atoms with Gasteiger partial charge in [0.1, 0.15) is 5.00 Å². The monoisotopic (exact) mass is 442 g/mol. The van der Waals surface area contributed by atoms with Crippen molar-refractivity contribution in [2.75, 3.05) is 12.4 Å². The largest absolute Gasteiger partial charge is 0.465 e. The minimum absolute atomic E-state index is 0.326. The Kier molecular flexibility index (Phi) is 6.63. The second-order valence-electron chi connectivity index (χ2n) is 6.59. The molecule has 0 aliphatic heterocycles. The molecule has 0 radical (unpaired) electrons. The number of esters is 1. The van der Waals surface area contributed by atoms with Crippen molar-refractivity contribution >= 4 is 62.8 Å². The number of rotatable bonds is 4. The third-order valence-electron chi connectivity index (χ3n) is 4.58. The predicted molar refractivity (Wildman–Crippen MR) is 116 cm³/mol. The van der Waals surface area contributed by atoms with E-state index in [0.717, 1.165) is 35.4 Å². The van der Waals surface area contributed by atoms with Crippen LogP contribution >= 0.6 is 46.8 Å². The minimum atomic E-state index is -0.326. The maximum absolute atomic E-state index is 12.3. The number of anilines is 1. The van der Waals surface area contributed by atoms with Crippen molar-refractivity contribution in [2.24, 2.45) is 5.92 Å². The van der Waals surface area contributed by atoms with Crippen LogP contribution in [0.3, 0.4) is 0 Å². The molecular weight excluding hydrogens is 423 g/mol. The lowest BCUT2D eigenvalue weighted by Gasteiger charge is -2.18. The van der Waals surface area contributed by atoms with E-state index in [0.29, 0.717) is 33.2 Å². The standard InChI is InChI=1S/C19H20Cl2N2O2S2/c1-10-3-6-13-15(7-10)27-17(16(13)18(24)25-2)23-19(26)22-9-11-4-5-12(20)8-14(11)21/h4-5,8,10H,3,6-7,9H2,1-2H3,(H2,22,23,26). The van der Waals surface area contributed by atoms with E-state index in [4.69, 9.17) is 40.2 Å². The fraction of sp³-hybridized carbons (Fsp3) is 0.368. The number of thiophene rings is 1. The zero-order valence-corrected chi connectivity index (χ0v) is 18.2. The van der Waals surface area contributed by atoms with Gasteiger partial charge in [-0.25, -0.2) is 4.79 Å². The third-order valence-corrected chi connectivity index (χ3v) is 6.59. The SMILES string of the molecule is COC(=O)c1c(NC(=S)NCc2ccc(Cl)cc2Cl)sc2c1CCC(C)C2. The Labute approximate surface area is 178 Å². The number of halogens is 2. The van der Waals surface area contributed by atoms with Crippen molar-refractivity contribution < 1.29 is 9.53 Å². The van der Waals surface area contributed by atoms with E-state index in [1.807, 2.05) is 6.07 Å². The number of carbonyl (C=O) groups is 1. The Morgan fingerprint density at radius 3 is 2.89 bits per heavy atom. The molecule has 27 heavy (non-hydrogen) atoms. The van der Waals surface area contributed by atoms with Gasteiger partial charge in [0.15, 0.2) is 5.11 Å². The molecule has 0 amide bonds. The summed E-state index contributed by atoms with van der Waals surface area (Å²) in [6.07, 6.45) is 2.94. The molecule has 2 aromatic rings. The van der Waals surface area contributed by atoms with Gasteiger partial charge >= 0.3 is 5.97 Å². The first-order valence-electron chi connectivity index (χ1n) is 8.60. The summed E-state index contributed by atoms with van der Waals surface area (Å²) >= 11 is 19.1. The van der Waals surface area contributed by atoms with Crippen LogP contribution in [0.4, 0.5) is 5.00 Å². The second-order valence-corrected chi connectivity index (χ2v) is 8.95. The number of fused-ring (bicyclic) bond motifs is 1. The van der Waals surface area contributed by atoms with E-state index in [1.165, 1.54) is 12.0 Å². The summed E-state index contributed by atoms with van der Waals surface area (Å²) in [5.41, 5.74) is 2.59. The molecule has 8 heteroatoms. The molecule has 0 saturated carbocycles. The molecule has 1 aromatic heterocycles. The Bertz CT molecular complexity index is 883. The number of benzene rings is 1. The topological polar surface area (TPSA) is 50.4 Å². The zero-order chi connectivity index (χ0) is 19.6. The van der Waals surface area contributed by atoms with E-state index < -0.39 is 0 Å². The van der Waals surface area contributed by atoms with Gasteiger partial charge < -0.3 is 15.4 Å². The molecule has 4 nitrogen and oxygen atoms in total. The second kappa shape index (κ2) is 8.78. The third kappa shape index (κ3) is 4.74. The van der Waals surface area contributed by atoms with Crippen LogP contribution in [0.1, 0.15) is 39.7 Å². The van der Waals surface area contributed by atoms with Gasteiger partial charge in [0.2, 0.25) is 0 Å². The Hall–Kier alpha value is -1.34. The molecule has 1 aliphatic rings. The zero-order valence-electron chi connectivity index (χ0n) is 15.0. The number of carbonyl (C=O) groups excluding carboxylic acids is 1. The summed E-state index contributed by atoms with van der Waals surface area (Å²) in [5, 5.41) is 8.63. The van der Waals surface area contributed by atoms with E-state index in [2.05, 4.69) is 17.6 Å². The Balaban J connectivity index is 1.74. The smallest absolute Gasteiger partial charge is 0.341 e. The summed E-state index contributed by atoms with van der Waals surface area (Å²) in [4.78, 5) is 13.6. The molecule has 1 aromatic carbocycles. The van der Waals surface area contributed by atoms with Gasteiger partial charge in [-0.2, -0.15) is 0 Å². The van der Waals surface area contributed by atoms with Crippen LogP contribution in [-0.4, -0.2) is 18.2 Å². The quantitative estimate of drug-likeness (QED) is 0.486. The van der Waals surface area contributed by atoms with Crippen molar-refractivity contribution in [3.8, 4) is 0 Å². The summed E-state index contributed by atoms with van der Waals surface area (Å²) in [5.74, 6) is 0.291. The highest BCUT2D eigenvalue weighted by molar-refractivity contribution is 7.80. The van der Waals surface area contributed by atoms with E-state index in [-0.39, 0.29) is 5.97 Å². The highest BCUT2D eigenvalue weighted by Gasteiger charge is 2.28. The fourth-order valence-electron chi connectivity index (χ4n) is 3.14. The van der Waals surface area contributed by atoms with Crippen LogP contribution in [0.25, 0.3) is 0 Å². The van der Waals surface area contributed by atoms with E-state index >= 15 is 0 Å². The molecule has 0 saturated heterocycles. The lowest BCUT2D eigenvalue weighted by atomic mass is 9.88. The van der Waals surface area contributed by atoms with Crippen LogP contribution in [0.2, 0.25) is 10.0 Å². The molecule has 1 unspecified atom stereocenters. The van der Waals surface area contributed by atoms with Gasteiger partial charge in [-0.15, -0.1) is 11.3 Å². The van der Waals surface area contributed by atoms with Crippen LogP contribution in [0.15, 0.2) is 18.2 Å².